The van der Waals surface area contributed by atoms with E-state index >= 15 is 0 Å². The molecule has 4 rings (SSSR count). The van der Waals surface area contributed by atoms with Crippen molar-refractivity contribution in [1.29, 1.82) is 0 Å². The van der Waals surface area contributed by atoms with Crippen molar-refractivity contribution in [3.8, 4) is 0 Å². The SMILES string of the molecule is O=C(CSc1cn(Cc2ccccc2)c2ccccc12)NC[C@H]1CCCO1. The molecule has 2 heterocycles. The Morgan fingerprint density at radius 1 is 1.15 bits per heavy atom. The number of ether oxygens (including phenoxy) is 1. The van der Waals surface area contributed by atoms with Gasteiger partial charge in [0.2, 0.25) is 5.91 Å². The number of carbonyl (C=O) groups excluding carboxylic acids is 1. The second kappa shape index (κ2) is 8.63. The molecule has 3 aromatic rings. The molecule has 1 aliphatic heterocycles. The minimum absolute atomic E-state index is 0.0652. The van der Waals surface area contributed by atoms with Crippen molar-refractivity contribution in [2.24, 2.45) is 0 Å². The smallest absolute Gasteiger partial charge is 0.230 e. The summed E-state index contributed by atoms with van der Waals surface area (Å²) in [6.07, 6.45) is 4.48. The Bertz CT molecular complexity index is 901. The predicted octanol–water partition coefficient (Wildman–Crippen LogP) is 4.08. The average molecular weight is 381 g/mol. The number of benzene rings is 2. The lowest BCUT2D eigenvalue weighted by atomic mass is 10.2. The standard InChI is InChI=1S/C22H24N2O2S/c25-22(23-13-18-9-6-12-26-18)16-27-21-15-24(14-17-7-2-1-3-8-17)20-11-5-4-10-19(20)21/h1-5,7-8,10-11,15,18H,6,9,12-14,16H2,(H,23,25)/t18-/m1/s1. The number of nitrogens with zero attached hydrogens (tertiary/aromatic N) is 1. The van der Waals surface area contributed by atoms with E-state index in [9.17, 15) is 4.79 Å². The Balaban J connectivity index is 1.43. The number of thioether (sulfide) groups is 1. The van der Waals surface area contributed by atoms with E-state index in [-0.39, 0.29) is 12.0 Å². The fourth-order valence-corrected chi connectivity index (χ4v) is 4.38. The van der Waals surface area contributed by atoms with Crippen LogP contribution >= 0.6 is 11.8 Å². The third-order valence-corrected chi connectivity index (χ3v) is 5.90. The van der Waals surface area contributed by atoms with Crippen molar-refractivity contribution in [1.82, 2.24) is 9.88 Å². The molecule has 27 heavy (non-hydrogen) atoms. The van der Waals surface area contributed by atoms with Gasteiger partial charge in [-0.15, -0.1) is 11.8 Å². The van der Waals surface area contributed by atoms with Gasteiger partial charge in [0.25, 0.3) is 0 Å². The molecule has 1 saturated heterocycles. The second-order valence-electron chi connectivity index (χ2n) is 6.85. The number of aromatic nitrogens is 1. The Hall–Kier alpha value is -2.24. The van der Waals surface area contributed by atoms with Gasteiger partial charge in [0.15, 0.2) is 0 Å². The molecule has 1 N–H and O–H groups in total. The minimum Gasteiger partial charge on any atom is -0.376 e. The van der Waals surface area contributed by atoms with Crippen molar-refractivity contribution in [2.45, 2.75) is 30.4 Å². The maximum Gasteiger partial charge on any atom is 0.230 e. The van der Waals surface area contributed by atoms with Crippen LogP contribution in [0.1, 0.15) is 18.4 Å². The summed E-state index contributed by atoms with van der Waals surface area (Å²) >= 11 is 1.60. The topological polar surface area (TPSA) is 43.3 Å². The van der Waals surface area contributed by atoms with Crippen LogP contribution in [0.25, 0.3) is 10.9 Å². The molecule has 4 nitrogen and oxygen atoms in total. The Morgan fingerprint density at radius 3 is 2.78 bits per heavy atom. The maximum absolute atomic E-state index is 12.2. The number of hydrogen-bond donors (Lipinski definition) is 1. The first-order valence-electron chi connectivity index (χ1n) is 9.42. The zero-order valence-electron chi connectivity index (χ0n) is 15.3. The van der Waals surface area contributed by atoms with E-state index in [2.05, 4.69) is 64.6 Å². The van der Waals surface area contributed by atoms with Gasteiger partial charge in [-0.05, 0) is 24.5 Å². The largest absolute Gasteiger partial charge is 0.376 e. The third kappa shape index (κ3) is 4.54. The number of carbonyl (C=O) groups is 1. The second-order valence-corrected chi connectivity index (χ2v) is 7.87. The molecule has 5 heteroatoms. The molecule has 0 spiro atoms. The predicted molar refractivity (Wildman–Crippen MR) is 110 cm³/mol. The molecular weight excluding hydrogens is 356 g/mol. The maximum atomic E-state index is 12.2. The first-order chi connectivity index (χ1) is 13.3. The van der Waals surface area contributed by atoms with Crippen molar-refractivity contribution in [3.05, 3.63) is 66.4 Å². The summed E-state index contributed by atoms with van der Waals surface area (Å²) in [6.45, 7) is 2.26. The highest BCUT2D eigenvalue weighted by molar-refractivity contribution is 8.00. The van der Waals surface area contributed by atoms with E-state index in [1.165, 1.54) is 16.5 Å². The van der Waals surface area contributed by atoms with Gasteiger partial charge in [0.05, 0.1) is 11.9 Å². The molecule has 0 aliphatic carbocycles. The fraction of sp³-hybridized carbons (Fsp3) is 0.318. The summed E-state index contributed by atoms with van der Waals surface area (Å²) < 4.78 is 7.82. The van der Waals surface area contributed by atoms with Crippen molar-refractivity contribution in [3.63, 3.8) is 0 Å². The number of amides is 1. The van der Waals surface area contributed by atoms with Crippen LogP contribution in [0.5, 0.6) is 0 Å². The molecule has 0 unspecified atom stereocenters. The lowest BCUT2D eigenvalue weighted by molar-refractivity contribution is -0.119. The highest BCUT2D eigenvalue weighted by Crippen LogP contribution is 2.30. The van der Waals surface area contributed by atoms with Crippen LogP contribution < -0.4 is 5.32 Å². The van der Waals surface area contributed by atoms with E-state index in [1.54, 1.807) is 11.8 Å². The lowest BCUT2D eigenvalue weighted by Crippen LogP contribution is -2.32. The van der Waals surface area contributed by atoms with Gasteiger partial charge in [-0.1, -0.05) is 48.5 Å². The van der Waals surface area contributed by atoms with Crippen molar-refractivity contribution < 1.29 is 9.53 Å². The van der Waals surface area contributed by atoms with E-state index in [0.29, 0.717) is 12.3 Å². The van der Waals surface area contributed by atoms with Crippen LogP contribution in [0.4, 0.5) is 0 Å². The van der Waals surface area contributed by atoms with Crippen LogP contribution in [0.2, 0.25) is 0 Å². The Labute approximate surface area is 163 Å². The molecule has 1 aliphatic rings. The van der Waals surface area contributed by atoms with Gasteiger partial charge in [-0.3, -0.25) is 4.79 Å². The summed E-state index contributed by atoms with van der Waals surface area (Å²) in [6, 6.07) is 18.8. The molecule has 1 atom stereocenters. The minimum atomic E-state index is 0.0652. The molecule has 1 amide bonds. The van der Waals surface area contributed by atoms with Gasteiger partial charge >= 0.3 is 0 Å². The zero-order valence-corrected chi connectivity index (χ0v) is 16.1. The van der Waals surface area contributed by atoms with Crippen LogP contribution in [0.3, 0.4) is 0 Å². The summed E-state index contributed by atoms with van der Waals surface area (Å²) in [5, 5.41) is 4.20. The monoisotopic (exact) mass is 380 g/mol. The summed E-state index contributed by atoms with van der Waals surface area (Å²) in [5.41, 5.74) is 2.47. The number of nitrogens with one attached hydrogen (secondary N) is 1. The molecule has 2 aromatic carbocycles. The normalized spacial score (nSPS) is 16.7. The zero-order chi connectivity index (χ0) is 18.5. The van der Waals surface area contributed by atoms with E-state index in [4.69, 9.17) is 4.74 Å². The Morgan fingerprint density at radius 2 is 1.96 bits per heavy atom. The van der Waals surface area contributed by atoms with Gasteiger partial charge in [0.1, 0.15) is 0 Å². The molecule has 0 bridgehead atoms. The lowest BCUT2D eigenvalue weighted by Gasteiger charge is -2.10. The molecular formula is C22H24N2O2S. The fourth-order valence-electron chi connectivity index (χ4n) is 3.47. The van der Waals surface area contributed by atoms with Crippen LogP contribution in [0.15, 0.2) is 65.7 Å². The third-order valence-electron chi connectivity index (χ3n) is 4.86. The van der Waals surface area contributed by atoms with Crippen LogP contribution in [0, 0.1) is 0 Å². The number of fused-ring (bicyclic) bond motifs is 1. The Kier molecular flexibility index (Phi) is 5.80. The van der Waals surface area contributed by atoms with E-state index in [0.717, 1.165) is 30.9 Å². The first kappa shape index (κ1) is 18.1. The highest BCUT2D eigenvalue weighted by Gasteiger charge is 2.16. The molecule has 140 valence electrons. The number of para-hydroxylation sites is 1. The molecule has 1 fully saturated rings. The quantitative estimate of drug-likeness (QED) is 0.628. The number of rotatable bonds is 7. The molecule has 0 radical (unpaired) electrons. The van der Waals surface area contributed by atoms with Gasteiger partial charge in [-0.2, -0.15) is 0 Å². The summed E-state index contributed by atoms with van der Waals surface area (Å²) in [7, 11) is 0. The van der Waals surface area contributed by atoms with Gasteiger partial charge < -0.3 is 14.6 Å². The summed E-state index contributed by atoms with van der Waals surface area (Å²) in [5.74, 6) is 0.488. The highest BCUT2D eigenvalue weighted by atomic mass is 32.2. The van der Waals surface area contributed by atoms with Crippen LogP contribution in [-0.4, -0.2) is 35.5 Å². The first-order valence-corrected chi connectivity index (χ1v) is 10.4. The summed E-state index contributed by atoms with van der Waals surface area (Å²) in [4.78, 5) is 13.4. The average Bonchev–Trinajstić information content (AvgIpc) is 3.34. The van der Waals surface area contributed by atoms with Gasteiger partial charge in [0, 0.05) is 41.7 Å². The van der Waals surface area contributed by atoms with Crippen molar-refractivity contribution in [2.75, 3.05) is 18.9 Å². The van der Waals surface area contributed by atoms with E-state index in [1.807, 2.05) is 6.07 Å². The van der Waals surface area contributed by atoms with Crippen LogP contribution in [-0.2, 0) is 16.1 Å². The van der Waals surface area contributed by atoms with Gasteiger partial charge in [-0.25, -0.2) is 0 Å². The molecule has 0 saturated carbocycles. The van der Waals surface area contributed by atoms with E-state index < -0.39 is 0 Å². The molecule has 1 aromatic heterocycles. The van der Waals surface area contributed by atoms with Crippen molar-refractivity contribution >= 4 is 28.6 Å². The number of hydrogen-bond acceptors (Lipinski definition) is 3.